The number of amides is 3. The van der Waals surface area contributed by atoms with Crippen LogP contribution in [0.15, 0.2) is 48.5 Å². The van der Waals surface area contributed by atoms with Gasteiger partial charge in [0, 0.05) is 12.5 Å². The minimum absolute atomic E-state index is 0.105. The van der Waals surface area contributed by atoms with Crippen LogP contribution in [0.1, 0.15) is 17.0 Å². The van der Waals surface area contributed by atoms with Crippen LogP contribution in [0.2, 0.25) is 0 Å². The van der Waals surface area contributed by atoms with Gasteiger partial charge >= 0.3 is 12.1 Å². The Morgan fingerprint density at radius 2 is 1.53 bits per heavy atom. The fourth-order valence-electron chi connectivity index (χ4n) is 3.87. The molecule has 3 rings (SSSR count). The molecule has 0 heterocycles. The molecule has 1 aliphatic carbocycles. The zero-order valence-corrected chi connectivity index (χ0v) is 19.0. The molecule has 0 spiro atoms. The number of likely N-dealkylation sites (N-methyl/N-ethyl adjacent to an activating group) is 1. The zero-order chi connectivity index (χ0) is 24.7. The molecule has 1 unspecified atom stereocenters. The second-order valence-electron chi connectivity index (χ2n) is 8.17. The number of fused-ring (bicyclic) bond motifs is 3. The molecule has 0 radical (unpaired) electrons. The summed E-state index contributed by atoms with van der Waals surface area (Å²) in [5.74, 6) is -2.55. The number of carbonyl (C=O) groups is 4. The summed E-state index contributed by atoms with van der Waals surface area (Å²) in [6.07, 6.45) is -0.751. The van der Waals surface area contributed by atoms with E-state index < -0.39 is 43.0 Å². The first-order chi connectivity index (χ1) is 16.3. The summed E-state index contributed by atoms with van der Waals surface area (Å²) < 4.78 is 5.50. The van der Waals surface area contributed by atoms with Gasteiger partial charge < -0.3 is 30.7 Å². The van der Waals surface area contributed by atoms with Gasteiger partial charge in [-0.15, -0.1) is 0 Å². The molecule has 180 valence electrons. The van der Waals surface area contributed by atoms with Gasteiger partial charge in [0.2, 0.25) is 11.8 Å². The number of nitrogens with one attached hydrogen (secondary N) is 3. The molecule has 2 aromatic rings. The molecule has 2 aromatic carbocycles. The number of alkyl carbamates (subject to hydrolysis) is 1. The third kappa shape index (κ3) is 6.32. The fourth-order valence-corrected chi connectivity index (χ4v) is 3.87. The molecule has 10 heteroatoms. The highest BCUT2D eigenvalue weighted by Crippen LogP contribution is 2.44. The molecule has 0 fully saturated rings. The number of benzene rings is 2. The Morgan fingerprint density at radius 3 is 2.09 bits per heavy atom. The van der Waals surface area contributed by atoms with E-state index in [0.29, 0.717) is 0 Å². The molecule has 10 nitrogen and oxygen atoms in total. The van der Waals surface area contributed by atoms with Gasteiger partial charge in [-0.25, -0.2) is 4.79 Å². The summed E-state index contributed by atoms with van der Waals surface area (Å²) in [6.45, 7) is -0.684. The van der Waals surface area contributed by atoms with Crippen LogP contribution < -0.4 is 16.0 Å². The highest BCUT2D eigenvalue weighted by atomic mass is 16.5. The molecule has 4 N–H and O–H groups in total. The van der Waals surface area contributed by atoms with Gasteiger partial charge in [-0.1, -0.05) is 48.5 Å². The maximum absolute atomic E-state index is 12.6. The van der Waals surface area contributed by atoms with Crippen molar-refractivity contribution in [1.82, 2.24) is 20.9 Å². The highest BCUT2D eigenvalue weighted by Gasteiger charge is 2.30. The standard InChI is InChI=1S/C24H28N4O6/c1-28(2)13-20(23(32)26-11-21(29)25-12-22(30)31)27-24(33)34-14-19-17-9-5-3-7-15(17)16-8-4-6-10-18(16)19/h3-10,19-20H,11-14H2,1-2H3,(H,25,29)(H,26,32)(H,27,33)(H,30,31). The van der Waals surface area contributed by atoms with Gasteiger partial charge in [0.15, 0.2) is 0 Å². The normalized spacial score (nSPS) is 12.9. The summed E-state index contributed by atoms with van der Waals surface area (Å²) >= 11 is 0. The smallest absolute Gasteiger partial charge is 0.407 e. The van der Waals surface area contributed by atoms with Crippen LogP contribution >= 0.6 is 0 Å². The lowest BCUT2D eigenvalue weighted by Crippen LogP contribution is -2.53. The van der Waals surface area contributed by atoms with Crippen molar-refractivity contribution in [2.24, 2.45) is 0 Å². The summed E-state index contributed by atoms with van der Waals surface area (Å²) in [6, 6.07) is 15.0. The van der Waals surface area contributed by atoms with Crippen molar-refractivity contribution in [2.75, 3.05) is 40.3 Å². The second-order valence-corrected chi connectivity index (χ2v) is 8.17. The number of hydrogen-bond donors (Lipinski definition) is 4. The van der Waals surface area contributed by atoms with Crippen molar-refractivity contribution < 1.29 is 29.0 Å². The second kappa shape index (κ2) is 11.3. The van der Waals surface area contributed by atoms with Crippen molar-refractivity contribution in [1.29, 1.82) is 0 Å². The summed E-state index contributed by atoms with van der Waals surface area (Å²) in [7, 11) is 3.47. The Labute approximate surface area is 197 Å². The number of rotatable bonds is 10. The van der Waals surface area contributed by atoms with Gasteiger partial charge in [0.25, 0.3) is 0 Å². The van der Waals surface area contributed by atoms with E-state index in [2.05, 4.69) is 16.0 Å². The maximum atomic E-state index is 12.6. The Morgan fingerprint density at radius 1 is 0.941 bits per heavy atom. The van der Waals surface area contributed by atoms with Gasteiger partial charge in [-0.3, -0.25) is 14.4 Å². The molecule has 34 heavy (non-hydrogen) atoms. The first-order valence-electron chi connectivity index (χ1n) is 10.8. The van der Waals surface area contributed by atoms with Crippen molar-refractivity contribution in [2.45, 2.75) is 12.0 Å². The number of ether oxygens (including phenoxy) is 1. The maximum Gasteiger partial charge on any atom is 0.407 e. The van der Waals surface area contributed by atoms with E-state index in [1.165, 1.54) is 0 Å². The van der Waals surface area contributed by atoms with Crippen LogP contribution in [-0.4, -0.2) is 80.3 Å². The lowest BCUT2D eigenvalue weighted by molar-refractivity contribution is -0.137. The van der Waals surface area contributed by atoms with Crippen LogP contribution in [0, 0.1) is 0 Å². The lowest BCUT2D eigenvalue weighted by Gasteiger charge is -2.22. The first-order valence-corrected chi connectivity index (χ1v) is 10.8. The van der Waals surface area contributed by atoms with E-state index in [0.717, 1.165) is 22.3 Å². The van der Waals surface area contributed by atoms with Gasteiger partial charge in [-0.2, -0.15) is 0 Å². The monoisotopic (exact) mass is 468 g/mol. The molecule has 0 aromatic heterocycles. The number of carbonyl (C=O) groups excluding carboxylic acids is 3. The number of carboxylic acids is 1. The third-order valence-corrected chi connectivity index (χ3v) is 5.36. The Kier molecular flexibility index (Phi) is 8.20. The predicted molar refractivity (Wildman–Crippen MR) is 124 cm³/mol. The molecule has 1 atom stereocenters. The predicted octanol–water partition coefficient (Wildman–Crippen LogP) is 0.772. The number of carboxylic acid groups (broad SMARTS) is 1. The summed E-state index contributed by atoms with van der Waals surface area (Å²) in [5.41, 5.74) is 4.37. The van der Waals surface area contributed by atoms with Crippen LogP contribution in [0.5, 0.6) is 0 Å². The number of nitrogens with zero attached hydrogens (tertiary/aromatic N) is 1. The van der Waals surface area contributed by atoms with Crippen molar-refractivity contribution in [3.05, 3.63) is 59.7 Å². The van der Waals surface area contributed by atoms with Crippen LogP contribution in [-0.2, 0) is 19.1 Å². The van der Waals surface area contributed by atoms with Crippen molar-refractivity contribution in [3.63, 3.8) is 0 Å². The van der Waals surface area contributed by atoms with Crippen molar-refractivity contribution in [3.8, 4) is 11.1 Å². The largest absolute Gasteiger partial charge is 0.480 e. The first kappa shape index (κ1) is 24.7. The average Bonchev–Trinajstić information content (AvgIpc) is 3.13. The molecule has 3 amide bonds. The molecule has 0 saturated heterocycles. The van der Waals surface area contributed by atoms with Gasteiger partial charge in [0.05, 0.1) is 6.54 Å². The Bertz CT molecular complexity index is 1030. The fraction of sp³-hybridized carbons (Fsp3) is 0.333. The Balaban J connectivity index is 1.58. The number of aliphatic carboxylic acids is 1. The average molecular weight is 469 g/mol. The highest BCUT2D eigenvalue weighted by molar-refractivity contribution is 5.90. The van der Waals surface area contributed by atoms with Gasteiger partial charge in [-0.05, 0) is 36.3 Å². The van der Waals surface area contributed by atoms with Crippen LogP contribution in [0.25, 0.3) is 11.1 Å². The van der Waals surface area contributed by atoms with E-state index in [1.54, 1.807) is 19.0 Å². The molecular formula is C24H28N4O6. The summed E-state index contributed by atoms with van der Waals surface area (Å²) in [5, 5.41) is 15.7. The van der Waals surface area contributed by atoms with E-state index >= 15 is 0 Å². The topological polar surface area (TPSA) is 137 Å². The van der Waals surface area contributed by atoms with Gasteiger partial charge in [0.1, 0.15) is 19.2 Å². The van der Waals surface area contributed by atoms with Crippen molar-refractivity contribution >= 4 is 23.9 Å². The van der Waals surface area contributed by atoms with Crippen LogP contribution in [0.4, 0.5) is 4.79 Å². The van der Waals surface area contributed by atoms with E-state index in [9.17, 15) is 19.2 Å². The van der Waals surface area contributed by atoms with E-state index in [1.807, 2.05) is 48.5 Å². The third-order valence-electron chi connectivity index (χ3n) is 5.36. The zero-order valence-electron chi connectivity index (χ0n) is 19.0. The lowest BCUT2D eigenvalue weighted by atomic mass is 9.98. The van der Waals surface area contributed by atoms with Crippen LogP contribution in [0.3, 0.4) is 0 Å². The minimum atomic E-state index is -1.19. The molecule has 0 bridgehead atoms. The molecule has 0 aliphatic heterocycles. The molecule has 0 saturated carbocycles. The quantitative estimate of drug-likeness (QED) is 0.404. The number of hydrogen-bond acceptors (Lipinski definition) is 6. The minimum Gasteiger partial charge on any atom is -0.480 e. The SMILES string of the molecule is CN(C)CC(NC(=O)OCC1c2ccccc2-c2ccccc21)C(=O)NCC(=O)NCC(=O)O. The van der Waals surface area contributed by atoms with E-state index in [-0.39, 0.29) is 19.1 Å². The molecule has 1 aliphatic rings. The molecular weight excluding hydrogens is 440 g/mol. The van der Waals surface area contributed by atoms with E-state index in [4.69, 9.17) is 9.84 Å². The summed E-state index contributed by atoms with van der Waals surface area (Å²) in [4.78, 5) is 49.0. The Hall–Kier alpha value is -3.92.